The lowest BCUT2D eigenvalue weighted by Crippen LogP contribution is -2.18. The third-order valence-corrected chi connectivity index (χ3v) is 2.83. The molecule has 0 aromatic carbocycles. The fraction of sp³-hybridized carbons (Fsp3) is 0.375. The number of allylic oxidation sites excluding steroid dienone is 4. The van der Waals surface area contributed by atoms with E-state index in [0.29, 0.717) is 0 Å². The minimum absolute atomic E-state index is 0.173. The van der Waals surface area contributed by atoms with Crippen LogP contribution in [0.15, 0.2) is 23.8 Å². The van der Waals surface area contributed by atoms with Crippen molar-refractivity contribution in [3.05, 3.63) is 23.8 Å². The first-order chi connectivity index (χ1) is 5.95. The van der Waals surface area contributed by atoms with E-state index in [1.807, 2.05) is 28.7 Å². The second kappa shape index (κ2) is 3.70. The van der Waals surface area contributed by atoms with Crippen molar-refractivity contribution in [3.63, 3.8) is 0 Å². The van der Waals surface area contributed by atoms with Gasteiger partial charge in [0.25, 0.3) is 0 Å². The molecule has 0 aromatic rings. The van der Waals surface area contributed by atoms with Gasteiger partial charge >= 0.3 is 6.18 Å². The fourth-order valence-corrected chi connectivity index (χ4v) is 1.53. The average molecular weight is 299 g/mol. The molecule has 0 saturated carbocycles. The van der Waals surface area contributed by atoms with E-state index in [0.717, 1.165) is 12.2 Å². The first-order valence-corrected chi connectivity index (χ1v) is 4.70. The van der Waals surface area contributed by atoms with Crippen LogP contribution in [0, 0.1) is 17.2 Å². The monoisotopic (exact) mass is 299 g/mol. The molecule has 1 rings (SSSR count). The van der Waals surface area contributed by atoms with Crippen molar-refractivity contribution in [2.45, 2.75) is 10.1 Å². The molecule has 0 bridgehead atoms. The summed E-state index contributed by atoms with van der Waals surface area (Å²) >= 11 is 1.94. The molecule has 70 valence electrons. The summed E-state index contributed by atoms with van der Waals surface area (Å²) in [5, 5.41) is 8.54. The Labute approximate surface area is 87.1 Å². The Balaban J connectivity index is 2.93. The van der Waals surface area contributed by atoms with Gasteiger partial charge in [0, 0.05) is 3.92 Å². The van der Waals surface area contributed by atoms with Gasteiger partial charge in [0.15, 0.2) is 0 Å². The van der Waals surface area contributed by atoms with Crippen LogP contribution in [0.2, 0.25) is 0 Å². The Morgan fingerprint density at radius 2 is 2.08 bits per heavy atom. The normalized spacial score (nSPS) is 28.1. The van der Waals surface area contributed by atoms with Gasteiger partial charge in [0.2, 0.25) is 0 Å². The predicted octanol–water partition coefficient (Wildman–Crippen LogP) is 2.99. The van der Waals surface area contributed by atoms with Gasteiger partial charge < -0.3 is 0 Å². The maximum Gasteiger partial charge on any atom is 0.416 e. The van der Waals surface area contributed by atoms with Crippen molar-refractivity contribution >= 4 is 22.6 Å². The van der Waals surface area contributed by atoms with E-state index < -0.39 is 17.7 Å². The van der Waals surface area contributed by atoms with Crippen molar-refractivity contribution in [3.8, 4) is 6.07 Å². The van der Waals surface area contributed by atoms with Crippen molar-refractivity contribution in [2.24, 2.45) is 5.92 Å². The van der Waals surface area contributed by atoms with Crippen LogP contribution in [-0.2, 0) is 0 Å². The van der Waals surface area contributed by atoms with Crippen LogP contribution >= 0.6 is 22.6 Å². The molecule has 0 N–H and O–H groups in total. The largest absolute Gasteiger partial charge is 0.416 e. The molecule has 0 spiro atoms. The molecular formula is C8H5F3IN. The van der Waals surface area contributed by atoms with Gasteiger partial charge in [-0.1, -0.05) is 40.8 Å². The molecular weight excluding hydrogens is 294 g/mol. The lowest BCUT2D eigenvalue weighted by molar-refractivity contribution is -0.0887. The first kappa shape index (κ1) is 10.6. The molecule has 0 amide bonds. The second-order valence-electron chi connectivity index (χ2n) is 2.58. The van der Waals surface area contributed by atoms with Gasteiger partial charge in [-0.3, -0.25) is 0 Å². The SMILES string of the molecule is N#CC1C=C(C(F)(F)F)C=CC1I. The van der Waals surface area contributed by atoms with E-state index in [-0.39, 0.29) is 3.92 Å². The van der Waals surface area contributed by atoms with E-state index in [9.17, 15) is 13.2 Å². The highest BCUT2D eigenvalue weighted by atomic mass is 127. The molecule has 5 heteroatoms. The molecule has 1 nitrogen and oxygen atoms in total. The zero-order valence-corrected chi connectivity index (χ0v) is 8.50. The summed E-state index contributed by atoms with van der Waals surface area (Å²) in [4.78, 5) is 0. The molecule has 1 aliphatic rings. The summed E-state index contributed by atoms with van der Waals surface area (Å²) in [6.45, 7) is 0. The smallest absolute Gasteiger partial charge is 0.198 e. The highest BCUT2D eigenvalue weighted by molar-refractivity contribution is 14.1. The van der Waals surface area contributed by atoms with Crippen LogP contribution in [0.5, 0.6) is 0 Å². The number of rotatable bonds is 0. The summed E-state index contributed by atoms with van der Waals surface area (Å²) in [6.07, 6.45) is -0.957. The Kier molecular flexibility index (Phi) is 3.01. The van der Waals surface area contributed by atoms with Gasteiger partial charge in [0.1, 0.15) is 0 Å². The zero-order valence-electron chi connectivity index (χ0n) is 6.35. The molecule has 2 atom stereocenters. The topological polar surface area (TPSA) is 23.8 Å². The third kappa shape index (κ3) is 2.46. The molecule has 13 heavy (non-hydrogen) atoms. The van der Waals surface area contributed by atoms with E-state index >= 15 is 0 Å². The van der Waals surface area contributed by atoms with E-state index in [1.165, 1.54) is 6.08 Å². The maximum absolute atomic E-state index is 12.1. The number of halogens is 4. The summed E-state index contributed by atoms with van der Waals surface area (Å²) in [6, 6.07) is 1.82. The van der Waals surface area contributed by atoms with Crippen molar-refractivity contribution in [2.75, 3.05) is 0 Å². The van der Waals surface area contributed by atoms with Gasteiger partial charge in [-0.15, -0.1) is 0 Å². The lowest BCUT2D eigenvalue weighted by Gasteiger charge is -2.17. The molecule has 0 aromatic heterocycles. The third-order valence-electron chi connectivity index (χ3n) is 1.64. The van der Waals surface area contributed by atoms with Crippen molar-refractivity contribution in [1.82, 2.24) is 0 Å². The van der Waals surface area contributed by atoms with Crippen LogP contribution in [-0.4, -0.2) is 10.1 Å². The second-order valence-corrected chi connectivity index (χ2v) is 4.02. The van der Waals surface area contributed by atoms with Gasteiger partial charge in [-0.2, -0.15) is 18.4 Å². The number of hydrogen-bond donors (Lipinski definition) is 0. The molecule has 1 aliphatic carbocycles. The van der Waals surface area contributed by atoms with Gasteiger partial charge in [0.05, 0.1) is 17.6 Å². The molecule has 0 heterocycles. The van der Waals surface area contributed by atoms with Crippen LogP contribution in [0.25, 0.3) is 0 Å². The van der Waals surface area contributed by atoms with Crippen molar-refractivity contribution in [1.29, 1.82) is 5.26 Å². The number of nitriles is 1. The van der Waals surface area contributed by atoms with Crippen LogP contribution < -0.4 is 0 Å². The average Bonchev–Trinajstić information content (AvgIpc) is 2.03. The quantitative estimate of drug-likeness (QED) is 0.498. The maximum atomic E-state index is 12.1. The van der Waals surface area contributed by atoms with E-state index in [4.69, 9.17) is 5.26 Å². The lowest BCUT2D eigenvalue weighted by atomic mass is 9.97. The van der Waals surface area contributed by atoms with Crippen LogP contribution in [0.3, 0.4) is 0 Å². The fourth-order valence-electron chi connectivity index (χ4n) is 0.954. The Morgan fingerprint density at radius 1 is 1.46 bits per heavy atom. The number of hydrogen-bond acceptors (Lipinski definition) is 1. The Morgan fingerprint density at radius 3 is 2.54 bits per heavy atom. The molecule has 0 aliphatic heterocycles. The van der Waals surface area contributed by atoms with Gasteiger partial charge in [-0.05, 0) is 0 Å². The summed E-state index contributed by atoms with van der Waals surface area (Å²) < 4.78 is 36.3. The minimum Gasteiger partial charge on any atom is -0.198 e. The summed E-state index contributed by atoms with van der Waals surface area (Å²) in [5.74, 6) is -0.678. The summed E-state index contributed by atoms with van der Waals surface area (Å²) in [7, 11) is 0. The van der Waals surface area contributed by atoms with Crippen molar-refractivity contribution < 1.29 is 13.2 Å². The highest BCUT2D eigenvalue weighted by Gasteiger charge is 2.35. The molecule has 0 fully saturated rings. The van der Waals surface area contributed by atoms with Gasteiger partial charge in [-0.25, -0.2) is 0 Å². The van der Waals surface area contributed by atoms with E-state index in [1.54, 1.807) is 0 Å². The molecule has 2 unspecified atom stereocenters. The standard InChI is InChI=1S/C8H5F3IN/c9-8(10,11)6-1-2-7(12)5(3-6)4-13/h1-3,5,7H. The van der Waals surface area contributed by atoms with Crippen LogP contribution in [0.1, 0.15) is 0 Å². The van der Waals surface area contributed by atoms with Crippen LogP contribution in [0.4, 0.5) is 13.2 Å². The highest BCUT2D eigenvalue weighted by Crippen LogP contribution is 2.33. The molecule has 0 radical (unpaired) electrons. The number of alkyl halides is 4. The first-order valence-electron chi connectivity index (χ1n) is 3.46. The number of nitrogens with zero attached hydrogens (tertiary/aromatic N) is 1. The molecule has 0 saturated heterocycles. The Hall–Kier alpha value is -0.510. The minimum atomic E-state index is -4.34. The summed E-state index contributed by atoms with van der Waals surface area (Å²) in [5.41, 5.74) is -0.730. The zero-order chi connectivity index (χ0) is 10.1. The van der Waals surface area contributed by atoms with E-state index in [2.05, 4.69) is 0 Å². The predicted molar refractivity (Wildman–Crippen MR) is 50.2 cm³/mol. The Bertz CT molecular complexity index is 297.